The minimum absolute atomic E-state index is 0.0453. The number of anilines is 1. The molecule has 0 atom stereocenters. The molecule has 0 aromatic heterocycles. The molecular weight excluding hydrogens is 374 g/mol. The van der Waals surface area contributed by atoms with Crippen LogP contribution in [0.5, 0.6) is 5.75 Å². The molecule has 1 heterocycles. The van der Waals surface area contributed by atoms with Gasteiger partial charge in [0, 0.05) is 55.9 Å². The molecule has 1 amide bonds. The zero-order valence-corrected chi connectivity index (χ0v) is 18.2. The minimum atomic E-state index is 0.0453. The summed E-state index contributed by atoms with van der Waals surface area (Å²) < 4.78 is 5.67. The van der Waals surface area contributed by atoms with E-state index in [1.165, 1.54) is 18.4 Å². The van der Waals surface area contributed by atoms with Gasteiger partial charge in [-0.05, 0) is 37.0 Å². The molecule has 1 aliphatic carbocycles. The summed E-state index contributed by atoms with van der Waals surface area (Å²) in [7, 11) is 1.71. The van der Waals surface area contributed by atoms with Crippen molar-refractivity contribution in [3.63, 3.8) is 0 Å². The Balaban J connectivity index is 1.43. The molecule has 1 saturated carbocycles. The summed E-state index contributed by atoms with van der Waals surface area (Å²) in [5, 5.41) is 3.08. The zero-order chi connectivity index (χ0) is 21.0. The summed E-state index contributed by atoms with van der Waals surface area (Å²) in [4.78, 5) is 17.3. The third-order valence-electron chi connectivity index (χ3n) is 6.57. The normalized spacial score (nSPS) is 18.7. The Kier molecular flexibility index (Phi) is 6.40. The van der Waals surface area contributed by atoms with E-state index in [0.717, 1.165) is 56.1 Å². The van der Waals surface area contributed by atoms with Gasteiger partial charge < -0.3 is 10.1 Å². The van der Waals surface area contributed by atoms with Crippen LogP contribution in [0.3, 0.4) is 0 Å². The fourth-order valence-corrected chi connectivity index (χ4v) is 4.60. The molecule has 160 valence electrons. The summed E-state index contributed by atoms with van der Waals surface area (Å²) in [6.45, 7) is 7.30. The molecule has 1 N–H and O–H groups in total. The van der Waals surface area contributed by atoms with Gasteiger partial charge in [0.15, 0.2) is 0 Å². The zero-order valence-electron chi connectivity index (χ0n) is 18.2. The highest BCUT2D eigenvalue weighted by molar-refractivity contribution is 5.91. The van der Waals surface area contributed by atoms with Crippen molar-refractivity contribution in [2.75, 3.05) is 38.6 Å². The minimum Gasteiger partial charge on any atom is -0.496 e. The summed E-state index contributed by atoms with van der Waals surface area (Å²) in [5.74, 6) is 0.918. The van der Waals surface area contributed by atoms with Crippen LogP contribution in [0.2, 0.25) is 0 Å². The Labute approximate surface area is 180 Å². The maximum atomic E-state index is 12.0. The number of rotatable bonds is 8. The Morgan fingerprint density at radius 1 is 1.03 bits per heavy atom. The van der Waals surface area contributed by atoms with E-state index >= 15 is 0 Å². The average Bonchev–Trinajstić information content (AvgIpc) is 3.56. The van der Waals surface area contributed by atoms with E-state index in [0.29, 0.717) is 6.42 Å². The number of piperazine rings is 1. The first kappa shape index (κ1) is 20.9. The van der Waals surface area contributed by atoms with E-state index < -0.39 is 0 Å². The number of hydrogen-bond donors (Lipinski definition) is 1. The molecule has 0 bridgehead atoms. The highest BCUT2D eigenvalue weighted by atomic mass is 16.5. The highest BCUT2D eigenvalue weighted by Crippen LogP contribution is 2.47. The van der Waals surface area contributed by atoms with E-state index in [9.17, 15) is 4.79 Å². The predicted octanol–water partition coefficient (Wildman–Crippen LogP) is 3.94. The smallest absolute Gasteiger partial charge is 0.224 e. The van der Waals surface area contributed by atoms with E-state index in [1.807, 2.05) is 25.1 Å². The quantitative estimate of drug-likeness (QED) is 0.720. The maximum absolute atomic E-state index is 12.0. The molecule has 0 unspecified atom stereocenters. The van der Waals surface area contributed by atoms with Crippen molar-refractivity contribution >= 4 is 11.6 Å². The molecule has 5 heteroatoms. The molecule has 5 nitrogen and oxygen atoms in total. The summed E-state index contributed by atoms with van der Waals surface area (Å²) in [5.41, 5.74) is 3.62. The molecular formula is C25H33N3O2. The summed E-state index contributed by atoms with van der Waals surface area (Å²) in [6, 6.07) is 16.7. The highest BCUT2D eigenvalue weighted by Gasteiger charge is 2.49. The van der Waals surface area contributed by atoms with Gasteiger partial charge in [0.25, 0.3) is 0 Å². The lowest BCUT2D eigenvalue weighted by atomic mass is 9.98. The Bertz CT molecular complexity index is 856. The first-order valence-electron chi connectivity index (χ1n) is 11.1. The number of carbonyl (C=O) groups excluding carboxylic acids is 1. The van der Waals surface area contributed by atoms with Crippen molar-refractivity contribution in [2.45, 2.75) is 44.7 Å². The Morgan fingerprint density at radius 2 is 1.77 bits per heavy atom. The van der Waals surface area contributed by atoms with Gasteiger partial charge >= 0.3 is 0 Å². The second kappa shape index (κ2) is 9.19. The van der Waals surface area contributed by atoms with Crippen molar-refractivity contribution in [2.24, 2.45) is 0 Å². The molecule has 1 saturated heterocycles. The largest absolute Gasteiger partial charge is 0.496 e. The van der Waals surface area contributed by atoms with Crippen LogP contribution >= 0.6 is 0 Å². The Morgan fingerprint density at radius 3 is 2.40 bits per heavy atom. The van der Waals surface area contributed by atoms with Crippen molar-refractivity contribution in [1.29, 1.82) is 0 Å². The number of carbonyl (C=O) groups is 1. The number of hydrogen-bond acceptors (Lipinski definition) is 4. The number of nitrogens with zero attached hydrogens (tertiary/aromatic N) is 2. The van der Waals surface area contributed by atoms with Gasteiger partial charge in [-0.3, -0.25) is 14.6 Å². The Hall–Kier alpha value is -2.37. The van der Waals surface area contributed by atoms with Crippen molar-refractivity contribution in [3.8, 4) is 5.75 Å². The van der Waals surface area contributed by atoms with E-state index in [1.54, 1.807) is 7.11 Å². The second-order valence-electron chi connectivity index (χ2n) is 8.54. The van der Waals surface area contributed by atoms with Crippen LogP contribution in [0.25, 0.3) is 0 Å². The number of amides is 1. The maximum Gasteiger partial charge on any atom is 0.224 e. The lowest BCUT2D eigenvalue weighted by Crippen LogP contribution is -2.51. The fraction of sp³-hybridized carbons (Fsp3) is 0.480. The van der Waals surface area contributed by atoms with Crippen LogP contribution in [0.4, 0.5) is 5.69 Å². The average molecular weight is 408 g/mol. The van der Waals surface area contributed by atoms with Crippen LogP contribution in [0, 0.1) is 0 Å². The summed E-state index contributed by atoms with van der Waals surface area (Å²) >= 11 is 0. The van der Waals surface area contributed by atoms with E-state index in [2.05, 4.69) is 45.4 Å². The van der Waals surface area contributed by atoms with Gasteiger partial charge in [0.2, 0.25) is 5.91 Å². The third-order valence-corrected chi connectivity index (χ3v) is 6.57. The first-order valence-corrected chi connectivity index (χ1v) is 11.1. The standard InChI is InChI=1S/C25H33N3O2/c1-3-24(29)26-22-10-7-11-23(30-2)21(22)18-25(12-13-25)28-16-14-27(15-17-28)19-20-8-5-4-6-9-20/h4-11H,3,12-19H2,1-2H3,(H,26,29). The van der Waals surface area contributed by atoms with Crippen molar-refractivity contribution in [3.05, 3.63) is 59.7 Å². The van der Waals surface area contributed by atoms with Crippen LogP contribution in [0.1, 0.15) is 37.3 Å². The third kappa shape index (κ3) is 4.68. The van der Waals surface area contributed by atoms with Crippen LogP contribution < -0.4 is 10.1 Å². The van der Waals surface area contributed by atoms with Gasteiger partial charge in [0.05, 0.1) is 7.11 Å². The van der Waals surface area contributed by atoms with Crippen LogP contribution in [0.15, 0.2) is 48.5 Å². The van der Waals surface area contributed by atoms with Gasteiger partial charge in [-0.2, -0.15) is 0 Å². The van der Waals surface area contributed by atoms with Crippen LogP contribution in [-0.4, -0.2) is 54.5 Å². The second-order valence-corrected chi connectivity index (χ2v) is 8.54. The lowest BCUT2D eigenvalue weighted by molar-refractivity contribution is -0.115. The molecule has 2 aliphatic rings. The molecule has 0 spiro atoms. The number of methoxy groups -OCH3 is 1. The van der Waals surface area contributed by atoms with Gasteiger partial charge in [-0.1, -0.05) is 43.3 Å². The van der Waals surface area contributed by atoms with Crippen molar-refractivity contribution < 1.29 is 9.53 Å². The molecule has 4 rings (SSSR count). The number of benzene rings is 2. The predicted molar refractivity (Wildman–Crippen MR) is 121 cm³/mol. The molecule has 0 radical (unpaired) electrons. The lowest BCUT2D eigenvalue weighted by Gasteiger charge is -2.40. The SMILES string of the molecule is CCC(=O)Nc1cccc(OC)c1CC1(N2CCN(Cc3ccccc3)CC2)CC1. The first-order chi connectivity index (χ1) is 14.6. The number of ether oxygens (including phenoxy) is 1. The molecule has 2 aromatic rings. The monoisotopic (exact) mass is 407 g/mol. The van der Waals surface area contributed by atoms with Crippen LogP contribution in [-0.2, 0) is 17.8 Å². The van der Waals surface area contributed by atoms with Gasteiger partial charge in [-0.25, -0.2) is 0 Å². The van der Waals surface area contributed by atoms with Crippen molar-refractivity contribution in [1.82, 2.24) is 9.80 Å². The topological polar surface area (TPSA) is 44.8 Å². The van der Waals surface area contributed by atoms with Gasteiger partial charge in [-0.15, -0.1) is 0 Å². The fourth-order valence-electron chi connectivity index (χ4n) is 4.60. The van der Waals surface area contributed by atoms with E-state index in [-0.39, 0.29) is 11.4 Å². The molecule has 30 heavy (non-hydrogen) atoms. The number of nitrogens with one attached hydrogen (secondary N) is 1. The van der Waals surface area contributed by atoms with E-state index in [4.69, 9.17) is 4.74 Å². The van der Waals surface area contributed by atoms with Gasteiger partial charge in [0.1, 0.15) is 5.75 Å². The molecule has 1 aliphatic heterocycles. The molecule has 2 fully saturated rings. The molecule has 2 aromatic carbocycles. The summed E-state index contributed by atoms with van der Waals surface area (Å²) in [6.07, 6.45) is 3.83.